The summed E-state index contributed by atoms with van der Waals surface area (Å²) in [5, 5.41) is 4.45. The maximum atomic E-state index is 13.4. The molecule has 0 unspecified atom stereocenters. The molecule has 0 aliphatic carbocycles. The minimum absolute atomic E-state index is 0.0578. The Morgan fingerprint density at radius 2 is 1.57 bits per heavy atom. The number of carbonyl (C=O) groups is 1. The molecule has 186 valence electrons. The van der Waals surface area contributed by atoms with Gasteiger partial charge in [-0.2, -0.15) is 11.8 Å². The van der Waals surface area contributed by atoms with E-state index in [0.29, 0.717) is 28.1 Å². The molecular formula is C24H22Cl4N2O3S2. The van der Waals surface area contributed by atoms with Crippen LogP contribution in [-0.2, 0) is 20.6 Å². The molecule has 3 aromatic rings. The van der Waals surface area contributed by atoms with Gasteiger partial charge in [-0.3, -0.25) is 9.10 Å². The smallest absolute Gasteiger partial charge is 0.264 e. The highest BCUT2D eigenvalue weighted by Crippen LogP contribution is 2.30. The molecule has 0 heterocycles. The Hall–Kier alpha value is -1.61. The number of hydrogen-bond acceptors (Lipinski definition) is 4. The first kappa shape index (κ1) is 28.0. The van der Waals surface area contributed by atoms with Crippen LogP contribution in [0.4, 0.5) is 5.69 Å². The topological polar surface area (TPSA) is 66.5 Å². The Morgan fingerprint density at radius 1 is 0.914 bits per heavy atom. The molecule has 3 rings (SSSR count). The molecule has 0 saturated heterocycles. The standard InChI is InChI=1S/C24H22Cl4N2O3S2/c1-16-2-6-22(7-3-16)35(32,33)30(21-11-19(26)10-20(27)12-21)14-24(31)29-8-9-34-15-17-4-5-18(25)13-23(17)28/h2-7,10-13H,8-9,14-15H2,1H3,(H,29,31). The number of hydrogen-bond donors (Lipinski definition) is 1. The molecule has 1 N–H and O–H groups in total. The number of carbonyl (C=O) groups excluding carboxylic acids is 1. The van der Waals surface area contributed by atoms with Crippen LogP contribution in [0.1, 0.15) is 11.1 Å². The van der Waals surface area contributed by atoms with Crippen molar-refractivity contribution in [1.29, 1.82) is 0 Å². The van der Waals surface area contributed by atoms with Crippen molar-refractivity contribution in [3.8, 4) is 0 Å². The number of sulfonamides is 1. The van der Waals surface area contributed by atoms with Gasteiger partial charge < -0.3 is 5.32 Å². The van der Waals surface area contributed by atoms with Crippen LogP contribution in [0.15, 0.2) is 65.6 Å². The predicted octanol–water partition coefficient (Wildman–Crippen LogP) is 6.85. The average Bonchev–Trinajstić information content (AvgIpc) is 2.78. The molecule has 3 aromatic carbocycles. The van der Waals surface area contributed by atoms with Crippen molar-refractivity contribution in [2.75, 3.05) is 23.1 Å². The van der Waals surface area contributed by atoms with Gasteiger partial charge in [0.25, 0.3) is 10.0 Å². The predicted molar refractivity (Wildman–Crippen MR) is 148 cm³/mol. The lowest BCUT2D eigenvalue weighted by Crippen LogP contribution is -2.41. The van der Waals surface area contributed by atoms with Gasteiger partial charge in [0.15, 0.2) is 0 Å². The molecule has 0 radical (unpaired) electrons. The van der Waals surface area contributed by atoms with Gasteiger partial charge in [0.2, 0.25) is 5.91 Å². The minimum atomic E-state index is -4.05. The summed E-state index contributed by atoms with van der Waals surface area (Å²) in [5.74, 6) is 0.807. The zero-order chi connectivity index (χ0) is 25.6. The van der Waals surface area contributed by atoms with Crippen LogP contribution in [0, 0.1) is 6.92 Å². The SMILES string of the molecule is Cc1ccc(S(=O)(=O)N(CC(=O)NCCSCc2ccc(Cl)cc2Cl)c2cc(Cl)cc(Cl)c2)cc1. The van der Waals surface area contributed by atoms with Gasteiger partial charge in [0.05, 0.1) is 10.6 Å². The van der Waals surface area contributed by atoms with Gasteiger partial charge in [-0.1, -0.05) is 70.2 Å². The molecule has 0 aliphatic heterocycles. The number of aryl methyl sites for hydroxylation is 1. The van der Waals surface area contributed by atoms with Crippen LogP contribution >= 0.6 is 58.2 Å². The number of amides is 1. The van der Waals surface area contributed by atoms with E-state index in [-0.39, 0.29) is 20.6 Å². The van der Waals surface area contributed by atoms with Crippen molar-refractivity contribution >= 4 is 79.8 Å². The summed E-state index contributed by atoms with van der Waals surface area (Å²) in [4.78, 5) is 12.8. The first-order valence-corrected chi connectivity index (χ1v) is 14.5. The molecular weight excluding hydrogens is 570 g/mol. The average molecular weight is 592 g/mol. The van der Waals surface area contributed by atoms with Gasteiger partial charge in [-0.25, -0.2) is 8.42 Å². The zero-order valence-electron chi connectivity index (χ0n) is 18.6. The second kappa shape index (κ2) is 12.6. The van der Waals surface area contributed by atoms with Crippen molar-refractivity contribution in [3.05, 3.63) is 91.9 Å². The molecule has 35 heavy (non-hydrogen) atoms. The highest BCUT2D eigenvalue weighted by Gasteiger charge is 2.27. The van der Waals surface area contributed by atoms with E-state index < -0.39 is 22.5 Å². The summed E-state index contributed by atoms with van der Waals surface area (Å²) in [6.45, 7) is 1.78. The van der Waals surface area contributed by atoms with Crippen LogP contribution in [0.25, 0.3) is 0 Å². The Kier molecular flexibility index (Phi) is 10.0. The number of nitrogens with one attached hydrogen (secondary N) is 1. The molecule has 0 aromatic heterocycles. The van der Waals surface area contributed by atoms with Crippen LogP contribution < -0.4 is 9.62 Å². The van der Waals surface area contributed by atoms with Crippen molar-refractivity contribution in [2.24, 2.45) is 0 Å². The Balaban J connectivity index is 1.68. The number of thioether (sulfide) groups is 1. The van der Waals surface area contributed by atoms with E-state index in [9.17, 15) is 13.2 Å². The summed E-state index contributed by atoms with van der Waals surface area (Å²) in [6, 6.07) is 16.1. The van der Waals surface area contributed by atoms with E-state index in [1.807, 2.05) is 13.0 Å². The van der Waals surface area contributed by atoms with E-state index in [4.69, 9.17) is 46.4 Å². The van der Waals surface area contributed by atoms with Gasteiger partial charge in [-0.05, 0) is 55.0 Å². The van der Waals surface area contributed by atoms with E-state index >= 15 is 0 Å². The third kappa shape index (κ3) is 7.94. The van der Waals surface area contributed by atoms with E-state index in [0.717, 1.165) is 15.4 Å². The summed E-state index contributed by atoms with van der Waals surface area (Å²) in [6.07, 6.45) is 0. The number of rotatable bonds is 10. The fraction of sp³-hybridized carbons (Fsp3) is 0.208. The maximum Gasteiger partial charge on any atom is 0.264 e. The number of halogens is 4. The summed E-state index contributed by atoms with van der Waals surface area (Å²) >= 11 is 25.9. The molecule has 0 fully saturated rings. The van der Waals surface area contributed by atoms with E-state index in [2.05, 4.69) is 5.32 Å². The van der Waals surface area contributed by atoms with Gasteiger partial charge in [0.1, 0.15) is 6.54 Å². The molecule has 0 saturated carbocycles. The summed E-state index contributed by atoms with van der Waals surface area (Å²) in [5.41, 5.74) is 2.06. The van der Waals surface area contributed by atoms with E-state index in [1.54, 1.807) is 36.0 Å². The Bertz CT molecular complexity index is 1280. The Morgan fingerprint density at radius 3 is 2.20 bits per heavy atom. The minimum Gasteiger partial charge on any atom is -0.354 e. The van der Waals surface area contributed by atoms with Crippen LogP contribution in [0.2, 0.25) is 20.1 Å². The quantitative estimate of drug-likeness (QED) is 0.262. The van der Waals surface area contributed by atoms with Crippen molar-refractivity contribution in [3.63, 3.8) is 0 Å². The third-order valence-electron chi connectivity index (χ3n) is 4.87. The monoisotopic (exact) mass is 590 g/mol. The lowest BCUT2D eigenvalue weighted by molar-refractivity contribution is -0.119. The third-order valence-corrected chi connectivity index (χ3v) is 8.69. The molecule has 5 nitrogen and oxygen atoms in total. The molecule has 0 bridgehead atoms. The second-order valence-corrected chi connectivity index (χ2v) is 12.3. The van der Waals surface area contributed by atoms with Gasteiger partial charge in [0, 0.05) is 38.1 Å². The molecule has 0 atom stereocenters. The van der Waals surface area contributed by atoms with Crippen LogP contribution in [0.3, 0.4) is 0 Å². The van der Waals surface area contributed by atoms with Gasteiger partial charge >= 0.3 is 0 Å². The highest BCUT2D eigenvalue weighted by atomic mass is 35.5. The highest BCUT2D eigenvalue weighted by molar-refractivity contribution is 7.98. The fourth-order valence-electron chi connectivity index (χ4n) is 3.11. The van der Waals surface area contributed by atoms with Crippen molar-refractivity contribution in [2.45, 2.75) is 17.6 Å². The van der Waals surface area contributed by atoms with Gasteiger partial charge in [-0.15, -0.1) is 0 Å². The number of nitrogens with zero attached hydrogens (tertiary/aromatic N) is 1. The van der Waals surface area contributed by atoms with Crippen LogP contribution in [-0.4, -0.2) is 33.2 Å². The van der Waals surface area contributed by atoms with Crippen LogP contribution in [0.5, 0.6) is 0 Å². The largest absolute Gasteiger partial charge is 0.354 e. The Labute approximate surface area is 229 Å². The zero-order valence-corrected chi connectivity index (χ0v) is 23.3. The first-order chi connectivity index (χ1) is 16.6. The first-order valence-electron chi connectivity index (χ1n) is 10.4. The molecule has 1 amide bonds. The summed E-state index contributed by atoms with van der Waals surface area (Å²) < 4.78 is 27.9. The fourth-order valence-corrected chi connectivity index (χ4v) is 6.44. The van der Waals surface area contributed by atoms with Crippen molar-refractivity contribution < 1.29 is 13.2 Å². The lowest BCUT2D eigenvalue weighted by atomic mass is 10.2. The number of benzene rings is 3. The lowest BCUT2D eigenvalue weighted by Gasteiger charge is -2.24. The molecule has 0 aliphatic rings. The van der Waals surface area contributed by atoms with E-state index in [1.165, 1.54) is 30.3 Å². The van der Waals surface area contributed by atoms with Crippen molar-refractivity contribution in [1.82, 2.24) is 5.32 Å². The maximum absolute atomic E-state index is 13.4. The molecule has 11 heteroatoms. The normalized spacial score (nSPS) is 11.3. The second-order valence-electron chi connectivity index (χ2n) is 7.59. The number of anilines is 1. The molecule has 0 spiro atoms. The summed E-state index contributed by atoms with van der Waals surface area (Å²) in [7, 11) is -4.05.